The summed E-state index contributed by atoms with van der Waals surface area (Å²) < 4.78 is 6.04. The van der Waals surface area contributed by atoms with E-state index in [2.05, 4.69) is 46.8 Å². The van der Waals surface area contributed by atoms with Crippen LogP contribution in [0.25, 0.3) is 0 Å². The normalized spacial score (nSPS) is 12.1. The van der Waals surface area contributed by atoms with Crippen molar-refractivity contribution in [1.82, 2.24) is 0 Å². The van der Waals surface area contributed by atoms with Crippen LogP contribution in [-0.2, 0) is 11.3 Å². The fraction of sp³-hybridized carbons (Fsp3) is 0.176. The molecule has 2 aromatic carbocycles. The van der Waals surface area contributed by atoms with E-state index in [0.717, 1.165) is 16.5 Å². The fourth-order valence-corrected chi connectivity index (χ4v) is 2.20. The molecule has 0 saturated carbocycles. The van der Waals surface area contributed by atoms with Crippen LogP contribution in [-0.4, -0.2) is 5.33 Å². The molecule has 2 rings (SSSR count). The van der Waals surface area contributed by atoms with Crippen molar-refractivity contribution in [3.8, 4) is 0 Å². The lowest BCUT2D eigenvalue weighted by molar-refractivity contribution is 0.0648. The highest BCUT2D eigenvalue weighted by molar-refractivity contribution is 9.09. The third kappa shape index (κ3) is 4.05. The van der Waals surface area contributed by atoms with E-state index in [-0.39, 0.29) is 6.10 Å². The van der Waals surface area contributed by atoms with Gasteiger partial charge >= 0.3 is 0 Å². The molecule has 0 radical (unpaired) electrons. The van der Waals surface area contributed by atoms with Crippen molar-refractivity contribution in [3.63, 3.8) is 0 Å². The highest BCUT2D eigenvalue weighted by Crippen LogP contribution is 2.26. The average molecular weight is 317 g/mol. The van der Waals surface area contributed by atoms with Crippen molar-refractivity contribution < 1.29 is 4.74 Å². The van der Waals surface area contributed by atoms with Crippen molar-refractivity contribution in [2.24, 2.45) is 0 Å². The quantitative estimate of drug-likeness (QED) is 0.544. The maximum atomic E-state index is 6.04. The molecule has 2 heteroatoms. The molecule has 0 heterocycles. The maximum absolute atomic E-state index is 6.04. The van der Waals surface area contributed by atoms with E-state index >= 15 is 0 Å². The molecule has 0 amide bonds. The third-order valence-corrected chi connectivity index (χ3v) is 3.62. The first kappa shape index (κ1) is 14.0. The lowest BCUT2D eigenvalue weighted by atomic mass is 10.0. The molecule has 0 aliphatic carbocycles. The summed E-state index contributed by atoms with van der Waals surface area (Å²) in [6, 6.07) is 20.4. The van der Waals surface area contributed by atoms with E-state index in [9.17, 15) is 0 Å². The Hall–Kier alpha value is -1.38. The first-order chi connectivity index (χ1) is 9.31. The van der Waals surface area contributed by atoms with Gasteiger partial charge in [-0.25, -0.2) is 0 Å². The maximum Gasteiger partial charge on any atom is 0.105 e. The number of benzene rings is 2. The summed E-state index contributed by atoms with van der Waals surface area (Å²) in [7, 11) is 0. The van der Waals surface area contributed by atoms with Gasteiger partial charge in [-0.15, -0.1) is 0 Å². The molecular formula is C17H17BrO. The Morgan fingerprint density at radius 3 is 2.16 bits per heavy atom. The van der Waals surface area contributed by atoms with E-state index < -0.39 is 0 Å². The molecule has 2 aromatic rings. The molecule has 0 aromatic heterocycles. The van der Waals surface area contributed by atoms with Crippen LogP contribution in [0.3, 0.4) is 0 Å². The minimum atomic E-state index is -0.0687. The van der Waals surface area contributed by atoms with E-state index in [4.69, 9.17) is 4.74 Å². The molecular weight excluding hydrogens is 300 g/mol. The van der Waals surface area contributed by atoms with Crippen LogP contribution in [0, 0.1) is 0 Å². The van der Waals surface area contributed by atoms with Crippen LogP contribution in [0.5, 0.6) is 0 Å². The molecule has 98 valence electrons. The number of halogens is 1. The second-order valence-electron chi connectivity index (χ2n) is 4.38. The zero-order valence-corrected chi connectivity index (χ0v) is 12.3. The van der Waals surface area contributed by atoms with Gasteiger partial charge in [-0.3, -0.25) is 0 Å². The number of rotatable bonds is 6. The molecule has 1 unspecified atom stereocenters. The summed E-state index contributed by atoms with van der Waals surface area (Å²) in [6.07, 6.45) is -0.0687. The molecule has 1 atom stereocenters. The van der Waals surface area contributed by atoms with Crippen molar-refractivity contribution in [3.05, 3.63) is 83.9 Å². The van der Waals surface area contributed by atoms with Crippen LogP contribution >= 0.6 is 15.9 Å². The second-order valence-corrected chi connectivity index (χ2v) is 4.94. The summed E-state index contributed by atoms with van der Waals surface area (Å²) >= 11 is 3.46. The Bertz CT molecular complexity index is 507. The van der Waals surface area contributed by atoms with Crippen molar-refractivity contribution in [2.45, 2.75) is 12.7 Å². The van der Waals surface area contributed by atoms with E-state index in [1.165, 1.54) is 5.56 Å². The summed E-state index contributed by atoms with van der Waals surface area (Å²) in [5.74, 6) is 0. The van der Waals surface area contributed by atoms with Crippen LogP contribution in [0.15, 0.2) is 72.8 Å². The Labute approximate surface area is 123 Å². The van der Waals surface area contributed by atoms with Crippen LogP contribution in [0.4, 0.5) is 0 Å². The van der Waals surface area contributed by atoms with Crippen molar-refractivity contribution in [1.29, 1.82) is 0 Å². The smallest absolute Gasteiger partial charge is 0.105 e. The Balaban J connectivity index is 2.09. The predicted octanol–water partition coefficient (Wildman–Crippen LogP) is 4.90. The Kier molecular flexibility index (Phi) is 5.37. The van der Waals surface area contributed by atoms with Gasteiger partial charge in [0, 0.05) is 5.33 Å². The molecule has 0 aliphatic heterocycles. The number of hydrogen-bond donors (Lipinski definition) is 0. The van der Waals surface area contributed by atoms with E-state index in [1.54, 1.807) is 0 Å². The van der Waals surface area contributed by atoms with Gasteiger partial charge in [0.25, 0.3) is 0 Å². The molecule has 0 N–H and O–H groups in total. The zero-order valence-electron chi connectivity index (χ0n) is 10.8. The van der Waals surface area contributed by atoms with Gasteiger partial charge in [0.15, 0.2) is 0 Å². The summed E-state index contributed by atoms with van der Waals surface area (Å²) in [5, 5.41) is 0.737. The summed E-state index contributed by atoms with van der Waals surface area (Å²) in [6.45, 7) is 4.68. The Morgan fingerprint density at radius 2 is 1.58 bits per heavy atom. The van der Waals surface area contributed by atoms with Crippen LogP contribution in [0.1, 0.15) is 17.2 Å². The first-order valence-corrected chi connectivity index (χ1v) is 7.37. The lowest BCUT2D eigenvalue weighted by Crippen LogP contribution is -2.08. The van der Waals surface area contributed by atoms with E-state index in [1.807, 2.05) is 36.4 Å². The molecule has 19 heavy (non-hydrogen) atoms. The number of hydrogen-bond acceptors (Lipinski definition) is 1. The molecule has 0 bridgehead atoms. The van der Waals surface area contributed by atoms with Crippen molar-refractivity contribution >= 4 is 15.9 Å². The molecule has 0 fully saturated rings. The lowest BCUT2D eigenvalue weighted by Gasteiger charge is -2.19. The van der Waals surface area contributed by atoms with Gasteiger partial charge in [-0.1, -0.05) is 83.2 Å². The number of alkyl halides is 1. The first-order valence-electron chi connectivity index (χ1n) is 6.25. The number of ether oxygens (including phenoxy) is 1. The largest absolute Gasteiger partial charge is 0.364 e. The highest BCUT2D eigenvalue weighted by atomic mass is 79.9. The monoisotopic (exact) mass is 316 g/mol. The second kappa shape index (κ2) is 7.27. The van der Waals surface area contributed by atoms with Gasteiger partial charge < -0.3 is 4.74 Å². The average Bonchev–Trinajstić information content (AvgIpc) is 2.49. The van der Waals surface area contributed by atoms with Gasteiger partial charge in [0.2, 0.25) is 0 Å². The standard InChI is InChI=1S/C17H17BrO/c1-14(12-18)17(16-10-6-3-7-11-16)19-13-15-8-4-2-5-9-15/h2-11,17H,1,12-13H2. The summed E-state index contributed by atoms with van der Waals surface area (Å²) in [5.41, 5.74) is 3.34. The molecule has 1 nitrogen and oxygen atoms in total. The van der Waals surface area contributed by atoms with Crippen LogP contribution in [0.2, 0.25) is 0 Å². The van der Waals surface area contributed by atoms with Gasteiger partial charge in [0.05, 0.1) is 6.61 Å². The van der Waals surface area contributed by atoms with Crippen LogP contribution < -0.4 is 0 Å². The zero-order chi connectivity index (χ0) is 13.5. The molecule has 0 spiro atoms. The molecule has 0 aliphatic rings. The summed E-state index contributed by atoms with van der Waals surface area (Å²) in [4.78, 5) is 0. The van der Waals surface area contributed by atoms with Gasteiger partial charge in [0.1, 0.15) is 6.10 Å². The minimum Gasteiger partial charge on any atom is -0.364 e. The van der Waals surface area contributed by atoms with Gasteiger partial charge in [-0.2, -0.15) is 0 Å². The van der Waals surface area contributed by atoms with Gasteiger partial charge in [-0.05, 0) is 16.7 Å². The van der Waals surface area contributed by atoms with E-state index in [0.29, 0.717) is 6.61 Å². The fourth-order valence-electron chi connectivity index (χ4n) is 1.90. The molecule has 0 saturated heterocycles. The minimum absolute atomic E-state index is 0.0687. The topological polar surface area (TPSA) is 9.23 Å². The predicted molar refractivity (Wildman–Crippen MR) is 83.3 cm³/mol. The van der Waals surface area contributed by atoms with Crippen molar-refractivity contribution in [2.75, 3.05) is 5.33 Å². The highest BCUT2D eigenvalue weighted by Gasteiger charge is 2.14. The Morgan fingerprint density at radius 1 is 1.00 bits per heavy atom. The third-order valence-electron chi connectivity index (χ3n) is 2.90. The SMILES string of the molecule is C=C(CBr)C(OCc1ccccc1)c1ccccc1.